The largest absolute Gasteiger partial charge is 0.487 e. The molecule has 2 aromatic heterocycles. The van der Waals surface area contributed by atoms with Gasteiger partial charge in [0.15, 0.2) is 6.10 Å². The van der Waals surface area contributed by atoms with E-state index in [2.05, 4.69) is 15.2 Å². The summed E-state index contributed by atoms with van der Waals surface area (Å²) in [5.74, 6) is 0.582. The monoisotopic (exact) mass is 377 g/mol. The van der Waals surface area contributed by atoms with E-state index >= 15 is 0 Å². The molecule has 2 N–H and O–H groups in total. The maximum absolute atomic E-state index is 12.5. The van der Waals surface area contributed by atoms with Crippen LogP contribution in [0.4, 0.5) is 13.2 Å². The van der Waals surface area contributed by atoms with Crippen molar-refractivity contribution < 1.29 is 23.0 Å². The first kappa shape index (κ1) is 18.9. The number of hydrogen-bond acceptors (Lipinski definition) is 4. The van der Waals surface area contributed by atoms with Crippen molar-refractivity contribution in [1.29, 1.82) is 0 Å². The number of halogens is 3. The zero-order valence-electron chi connectivity index (χ0n) is 14.5. The van der Waals surface area contributed by atoms with Crippen LogP contribution in [0.2, 0.25) is 0 Å². The van der Waals surface area contributed by atoms with E-state index in [-0.39, 0.29) is 6.61 Å². The highest BCUT2D eigenvalue weighted by Gasteiger charge is 2.37. The smallest absolute Gasteiger partial charge is 0.414 e. The molecule has 0 spiro atoms. The molecule has 0 saturated heterocycles. The highest BCUT2D eigenvalue weighted by Crippen LogP contribution is 2.25. The third-order valence-electron chi connectivity index (χ3n) is 4.03. The number of H-pyrrole nitrogens is 1. The van der Waals surface area contributed by atoms with E-state index in [1.807, 2.05) is 19.1 Å². The molecule has 0 saturated carbocycles. The van der Waals surface area contributed by atoms with Gasteiger partial charge in [-0.25, -0.2) is 0 Å². The molecule has 0 amide bonds. The van der Waals surface area contributed by atoms with Crippen molar-refractivity contribution in [3.05, 3.63) is 65.5 Å². The van der Waals surface area contributed by atoms with Gasteiger partial charge >= 0.3 is 6.18 Å². The van der Waals surface area contributed by atoms with E-state index in [9.17, 15) is 18.3 Å². The van der Waals surface area contributed by atoms with Crippen LogP contribution in [-0.2, 0) is 13.0 Å². The van der Waals surface area contributed by atoms with Gasteiger partial charge in [-0.05, 0) is 35.7 Å². The number of rotatable bonds is 6. The van der Waals surface area contributed by atoms with Crippen molar-refractivity contribution in [2.24, 2.45) is 0 Å². The van der Waals surface area contributed by atoms with Gasteiger partial charge in [0.05, 0.1) is 17.6 Å². The molecule has 0 aliphatic carbocycles. The summed E-state index contributed by atoms with van der Waals surface area (Å²) < 4.78 is 43.2. The van der Waals surface area contributed by atoms with E-state index in [4.69, 9.17) is 4.74 Å². The predicted octanol–water partition coefficient (Wildman–Crippen LogP) is 3.82. The Kier molecular flexibility index (Phi) is 5.46. The fourth-order valence-corrected chi connectivity index (χ4v) is 2.59. The average molecular weight is 377 g/mol. The fourth-order valence-electron chi connectivity index (χ4n) is 2.59. The predicted molar refractivity (Wildman–Crippen MR) is 93.1 cm³/mol. The van der Waals surface area contributed by atoms with Crippen LogP contribution in [0.1, 0.15) is 16.7 Å². The molecule has 0 aliphatic heterocycles. The second-order valence-corrected chi connectivity index (χ2v) is 6.18. The molecule has 142 valence electrons. The molecule has 3 rings (SSSR count). The first-order valence-corrected chi connectivity index (χ1v) is 8.24. The quantitative estimate of drug-likeness (QED) is 0.685. The lowest BCUT2D eigenvalue weighted by Crippen LogP contribution is -2.30. The number of alkyl halides is 3. The fraction of sp³-hybridized carbons (Fsp3) is 0.263. The Labute approximate surface area is 153 Å². The van der Waals surface area contributed by atoms with Crippen LogP contribution >= 0.6 is 0 Å². The Morgan fingerprint density at radius 2 is 1.96 bits per heavy atom. The highest BCUT2D eigenvalue weighted by atomic mass is 19.4. The van der Waals surface area contributed by atoms with Crippen molar-refractivity contribution in [2.75, 3.05) is 0 Å². The summed E-state index contributed by atoms with van der Waals surface area (Å²) in [4.78, 5) is 4.32. The normalized spacial score (nSPS) is 12.8. The molecule has 8 heteroatoms. The lowest BCUT2D eigenvalue weighted by atomic mass is 10.0. The van der Waals surface area contributed by atoms with Gasteiger partial charge in [0.25, 0.3) is 0 Å². The molecule has 0 fully saturated rings. The third kappa shape index (κ3) is 4.85. The summed E-state index contributed by atoms with van der Waals surface area (Å²) >= 11 is 0. The van der Waals surface area contributed by atoms with Crippen molar-refractivity contribution in [2.45, 2.75) is 32.2 Å². The van der Waals surface area contributed by atoms with Gasteiger partial charge in [-0.15, -0.1) is 0 Å². The molecule has 3 aromatic rings. The molecular weight excluding hydrogens is 359 g/mol. The van der Waals surface area contributed by atoms with Crippen LogP contribution in [-0.4, -0.2) is 32.6 Å². The van der Waals surface area contributed by atoms with Crippen LogP contribution in [0, 0.1) is 6.92 Å². The van der Waals surface area contributed by atoms with Gasteiger partial charge in [-0.3, -0.25) is 10.1 Å². The minimum atomic E-state index is -4.63. The number of benzene rings is 1. The minimum Gasteiger partial charge on any atom is -0.487 e. The van der Waals surface area contributed by atoms with Gasteiger partial charge in [-0.2, -0.15) is 18.3 Å². The Morgan fingerprint density at radius 3 is 2.63 bits per heavy atom. The van der Waals surface area contributed by atoms with Crippen molar-refractivity contribution in [3.8, 4) is 17.1 Å². The topological polar surface area (TPSA) is 71.0 Å². The second kappa shape index (κ2) is 7.79. The SMILES string of the molecule is Cc1cc(-c2ccn[nH]2)ncc1OCc1cccc(CC(O)C(F)(F)F)c1. The van der Waals surface area contributed by atoms with Crippen LogP contribution in [0.5, 0.6) is 5.75 Å². The van der Waals surface area contributed by atoms with Crippen LogP contribution in [0.25, 0.3) is 11.4 Å². The molecule has 0 bridgehead atoms. The number of ether oxygens (including phenoxy) is 1. The van der Waals surface area contributed by atoms with E-state index in [1.165, 1.54) is 0 Å². The Bertz CT molecular complexity index is 895. The summed E-state index contributed by atoms with van der Waals surface area (Å²) in [5, 5.41) is 15.9. The summed E-state index contributed by atoms with van der Waals surface area (Å²) in [6, 6.07) is 10.2. The number of aliphatic hydroxyl groups is 1. The van der Waals surface area contributed by atoms with Gasteiger partial charge < -0.3 is 9.84 Å². The average Bonchev–Trinajstić information content (AvgIpc) is 3.15. The number of pyridine rings is 1. The van der Waals surface area contributed by atoms with E-state index < -0.39 is 18.7 Å². The molecule has 1 aromatic carbocycles. The molecule has 1 unspecified atom stereocenters. The minimum absolute atomic E-state index is 0.182. The number of aromatic nitrogens is 3. The Balaban J connectivity index is 1.66. The maximum Gasteiger partial charge on any atom is 0.414 e. The van der Waals surface area contributed by atoms with Crippen LogP contribution in [0.15, 0.2) is 48.8 Å². The third-order valence-corrected chi connectivity index (χ3v) is 4.03. The number of hydrogen-bond donors (Lipinski definition) is 2. The summed E-state index contributed by atoms with van der Waals surface area (Å²) in [6.07, 6.45) is -4.26. The Morgan fingerprint density at radius 1 is 1.19 bits per heavy atom. The number of aromatic amines is 1. The number of nitrogens with one attached hydrogen (secondary N) is 1. The van der Waals surface area contributed by atoms with Gasteiger partial charge in [0.2, 0.25) is 0 Å². The zero-order chi connectivity index (χ0) is 19.4. The lowest BCUT2D eigenvalue weighted by molar-refractivity contribution is -0.203. The van der Waals surface area contributed by atoms with Gasteiger partial charge in [0.1, 0.15) is 12.4 Å². The summed E-state index contributed by atoms with van der Waals surface area (Å²) in [5.41, 5.74) is 3.50. The van der Waals surface area contributed by atoms with Crippen molar-refractivity contribution in [1.82, 2.24) is 15.2 Å². The van der Waals surface area contributed by atoms with E-state index in [0.29, 0.717) is 16.9 Å². The van der Waals surface area contributed by atoms with Gasteiger partial charge in [-0.1, -0.05) is 24.3 Å². The van der Waals surface area contributed by atoms with E-state index in [1.54, 1.807) is 36.7 Å². The Hall–Kier alpha value is -2.87. The van der Waals surface area contributed by atoms with Crippen LogP contribution in [0.3, 0.4) is 0 Å². The highest BCUT2D eigenvalue weighted by molar-refractivity contribution is 5.55. The molecule has 0 aliphatic rings. The molecule has 27 heavy (non-hydrogen) atoms. The number of nitrogens with zero attached hydrogens (tertiary/aromatic N) is 2. The van der Waals surface area contributed by atoms with Gasteiger partial charge in [0, 0.05) is 12.6 Å². The first-order valence-electron chi connectivity index (χ1n) is 8.24. The summed E-state index contributed by atoms with van der Waals surface area (Å²) in [6.45, 7) is 2.06. The zero-order valence-corrected chi connectivity index (χ0v) is 14.5. The van der Waals surface area contributed by atoms with E-state index in [0.717, 1.165) is 17.0 Å². The van der Waals surface area contributed by atoms with Crippen molar-refractivity contribution in [3.63, 3.8) is 0 Å². The molecule has 2 heterocycles. The number of aliphatic hydroxyl groups excluding tert-OH is 1. The molecule has 1 atom stereocenters. The summed E-state index contributed by atoms with van der Waals surface area (Å²) in [7, 11) is 0. The first-order chi connectivity index (χ1) is 12.8. The lowest BCUT2D eigenvalue weighted by Gasteiger charge is -2.15. The standard InChI is InChI=1S/C19H18F3N3O2/c1-12-7-16(15-5-6-24-25-15)23-10-17(12)27-11-14-4-2-3-13(8-14)9-18(26)19(20,21)22/h2-8,10,18,26H,9,11H2,1H3,(H,24,25). The molecular formula is C19H18F3N3O2. The van der Waals surface area contributed by atoms with Crippen molar-refractivity contribution >= 4 is 0 Å². The number of aryl methyl sites for hydroxylation is 1. The van der Waals surface area contributed by atoms with Crippen LogP contribution < -0.4 is 4.74 Å². The maximum atomic E-state index is 12.5. The molecule has 0 radical (unpaired) electrons. The molecule has 5 nitrogen and oxygen atoms in total. The second-order valence-electron chi connectivity index (χ2n) is 6.18.